The Kier molecular flexibility index (Phi) is 2.26. The van der Waals surface area contributed by atoms with Crippen LogP contribution in [0.1, 0.15) is 19.3 Å². The van der Waals surface area contributed by atoms with E-state index in [0.717, 1.165) is 24.8 Å². The fourth-order valence-electron chi connectivity index (χ4n) is 4.02. The molecule has 1 aromatic carbocycles. The van der Waals surface area contributed by atoms with Gasteiger partial charge in [0, 0.05) is 6.54 Å². The molecular weight excluding hydrogens is 259 g/mol. The third-order valence-corrected chi connectivity index (χ3v) is 5.12. The number of hydrogen-bond acceptors (Lipinski definition) is 2. The molecule has 5 heteroatoms. The number of rotatable bonds is 3. The number of aromatic nitrogens is 2. The summed E-state index contributed by atoms with van der Waals surface area (Å²) in [6.45, 7) is 0.687. The second kappa shape index (κ2) is 3.81. The Morgan fingerprint density at radius 3 is 2.95 bits per heavy atom. The van der Waals surface area contributed by atoms with Crippen molar-refractivity contribution in [1.82, 2.24) is 9.78 Å². The molecule has 1 heterocycles. The lowest BCUT2D eigenvalue weighted by molar-refractivity contribution is -0.153. The number of fused-ring (bicyclic) bond motifs is 2. The molecule has 5 rings (SSSR count). The van der Waals surface area contributed by atoms with Gasteiger partial charge in [-0.1, -0.05) is 6.07 Å². The van der Waals surface area contributed by atoms with Gasteiger partial charge in [0.05, 0.1) is 22.5 Å². The zero-order chi connectivity index (χ0) is 13.9. The quantitative estimate of drug-likeness (QED) is 0.936. The summed E-state index contributed by atoms with van der Waals surface area (Å²) in [6, 6.07) is 4.97. The molecule has 0 saturated heterocycles. The maximum absolute atomic E-state index is 13.6. The van der Waals surface area contributed by atoms with Gasteiger partial charge < -0.3 is 5.11 Å². The largest absolute Gasteiger partial charge is 0.481 e. The molecule has 1 aromatic heterocycles. The molecule has 0 spiro atoms. The summed E-state index contributed by atoms with van der Waals surface area (Å²) in [4.78, 5) is 11.3. The van der Waals surface area contributed by atoms with Crippen molar-refractivity contribution in [3.63, 3.8) is 0 Å². The van der Waals surface area contributed by atoms with Gasteiger partial charge in [-0.25, -0.2) is 4.39 Å². The first-order chi connectivity index (χ1) is 9.59. The van der Waals surface area contributed by atoms with Crippen LogP contribution in [0.25, 0.3) is 10.9 Å². The second-order valence-corrected chi connectivity index (χ2v) is 6.22. The van der Waals surface area contributed by atoms with Crippen molar-refractivity contribution in [3.05, 3.63) is 30.2 Å². The molecule has 20 heavy (non-hydrogen) atoms. The molecule has 1 N–H and O–H groups in total. The average molecular weight is 274 g/mol. The average Bonchev–Trinajstić information content (AvgIpc) is 3.01. The summed E-state index contributed by atoms with van der Waals surface area (Å²) in [5.41, 5.74) is 0.308. The van der Waals surface area contributed by atoms with Crippen molar-refractivity contribution < 1.29 is 14.3 Å². The summed E-state index contributed by atoms with van der Waals surface area (Å²) in [6.07, 6.45) is 3.86. The summed E-state index contributed by atoms with van der Waals surface area (Å²) < 4.78 is 15.5. The predicted molar refractivity (Wildman–Crippen MR) is 70.6 cm³/mol. The Morgan fingerprint density at radius 1 is 1.45 bits per heavy atom. The molecule has 2 bridgehead atoms. The fourth-order valence-corrected chi connectivity index (χ4v) is 4.02. The van der Waals surface area contributed by atoms with E-state index in [1.165, 1.54) is 6.07 Å². The lowest BCUT2D eigenvalue weighted by Crippen LogP contribution is -2.36. The van der Waals surface area contributed by atoms with E-state index in [1.807, 2.05) is 10.7 Å². The lowest BCUT2D eigenvalue weighted by Gasteiger charge is -2.34. The van der Waals surface area contributed by atoms with Crippen molar-refractivity contribution in [2.75, 3.05) is 0 Å². The van der Waals surface area contributed by atoms with Crippen molar-refractivity contribution >= 4 is 16.9 Å². The Labute approximate surface area is 115 Å². The van der Waals surface area contributed by atoms with Gasteiger partial charge in [-0.05, 0) is 43.2 Å². The molecule has 1 atom stereocenters. The monoisotopic (exact) mass is 274 g/mol. The van der Waals surface area contributed by atoms with E-state index < -0.39 is 11.4 Å². The van der Waals surface area contributed by atoms with E-state index >= 15 is 0 Å². The number of aliphatic carboxylic acids is 1. The van der Waals surface area contributed by atoms with Gasteiger partial charge in [0.25, 0.3) is 0 Å². The SMILES string of the molecule is O=C(O)C12CC(Cn3ncc4c(F)cccc43)C(C1)C2. The van der Waals surface area contributed by atoms with Gasteiger partial charge >= 0.3 is 5.97 Å². The smallest absolute Gasteiger partial charge is 0.309 e. The Bertz CT molecular complexity index is 703. The first-order valence-electron chi connectivity index (χ1n) is 6.92. The van der Waals surface area contributed by atoms with Gasteiger partial charge in [0.1, 0.15) is 5.82 Å². The predicted octanol–water partition coefficient (Wildman–Crippen LogP) is 2.68. The third-order valence-electron chi connectivity index (χ3n) is 5.12. The minimum atomic E-state index is -0.660. The zero-order valence-corrected chi connectivity index (χ0v) is 10.9. The normalized spacial score (nSPS) is 31.4. The van der Waals surface area contributed by atoms with Crippen LogP contribution in [-0.2, 0) is 11.3 Å². The fraction of sp³-hybridized carbons (Fsp3) is 0.467. The van der Waals surface area contributed by atoms with Crippen molar-refractivity contribution in [2.24, 2.45) is 17.3 Å². The molecule has 3 aliphatic rings. The van der Waals surface area contributed by atoms with Crippen LogP contribution in [-0.4, -0.2) is 20.9 Å². The molecule has 3 saturated carbocycles. The Balaban J connectivity index is 1.61. The van der Waals surface area contributed by atoms with Crippen LogP contribution in [0.3, 0.4) is 0 Å². The maximum Gasteiger partial charge on any atom is 0.309 e. The van der Waals surface area contributed by atoms with E-state index in [0.29, 0.717) is 23.8 Å². The molecule has 0 aliphatic heterocycles. The number of nitrogens with zero attached hydrogens (tertiary/aromatic N) is 2. The zero-order valence-electron chi connectivity index (χ0n) is 10.9. The number of benzene rings is 1. The van der Waals surface area contributed by atoms with Crippen molar-refractivity contribution in [3.8, 4) is 0 Å². The molecule has 0 amide bonds. The molecule has 2 aromatic rings. The summed E-state index contributed by atoms with van der Waals surface area (Å²) >= 11 is 0. The van der Waals surface area contributed by atoms with Crippen molar-refractivity contribution in [1.29, 1.82) is 0 Å². The highest BCUT2D eigenvalue weighted by Gasteiger charge is 2.60. The molecule has 104 valence electrons. The van der Waals surface area contributed by atoms with Crippen molar-refractivity contribution in [2.45, 2.75) is 25.8 Å². The van der Waals surface area contributed by atoms with Crippen LogP contribution < -0.4 is 0 Å². The number of carbonyl (C=O) groups is 1. The minimum Gasteiger partial charge on any atom is -0.481 e. The van der Waals surface area contributed by atoms with Gasteiger partial charge in [-0.15, -0.1) is 0 Å². The second-order valence-electron chi connectivity index (χ2n) is 6.22. The van der Waals surface area contributed by atoms with Crippen LogP contribution in [0.15, 0.2) is 24.4 Å². The number of hydrogen-bond donors (Lipinski definition) is 1. The first-order valence-corrected chi connectivity index (χ1v) is 6.92. The topological polar surface area (TPSA) is 55.1 Å². The highest BCUT2D eigenvalue weighted by molar-refractivity contribution is 5.79. The van der Waals surface area contributed by atoms with Crippen LogP contribution in [0.5, 0.6) is 0 Å². The van der Waals surface area contributed by atoms with E-state index in [9.17, 15) is 14.3 Å². The van der Waals surface area contributed by atoms with Gasteiger partial charge in [0.15, 0.2) is 0 Å². The molecular formula is C15H15FN2O2. The third kappa shape index (κ3) is 1.46. The molecule has 0 radical (unpaired) electrons. The first kappa shape index (κ1) is 11.9. The summed E-state index contributed by atoms with van der Waals surface area (Å²) in [5.74, 6) is -0.0875. The summed E-state index contributed by atoms with van der Waals surface area (Å²) in [5, 5.41) is 14.1. The van der Waals surface area contributed by atoms with Crippen LogP contribution in [0.2, 0.25) is 0 Å². The highest BCUT2D eigenvalue weighted by atomic mass is 19.1. The Morgan fingerprint density at radius 2 is 2.25 bits per heavy atom. The molecule has 1 unspecified atom stereocenters. The summed E-state index contributed by atoms with van der Waals surface area (Å²) in [7, 11) is 0. The van der Waals surface area contributed by atoms with Crippen LogP contribution in [0, 0.1) is 23.1 Å². The van der Waals surface area contributed by atoms with E-state index in [4.69, 9.17) is 0 Å². The van der Waals surface area contributed by atoms with Crippen LogP contribution >= 0.6 is 0 Å². The van der Waals surface area contributed by atoms with E-state index in [-0.39, 0.29) is 5.82 Å². The van der Waals surface area contributed by atoms with Gasteiger partial charge in [0.2, 0.25) is 0 Å². The molecule has 4 nitrogen and oxygen atoms in total. The van der Waals surface area contributed by atoms with Gasteiger partial charge in [-0.2, -0.15) is 5.10 Å². The van der Waals surface area contributed by atoms with Crippen LogP contribution in [0.4, 0.5) is 4.39 Å². The lowest BCUT2D eigenvalue weighted by atomic mass is 9.69. The number of carboxylic acids is 1. The molecule has 3 aliphatic carbocycles. The number of halogens is 1. The van der Waals surface area contributed by atoms with E-state index in [2.05, 4.69) is 5.10 Å². The standard InChI is InChI=1S/C15H15FN2O2/c16-12-2-1-3-13-11(12)7-17-18(13)8-10-6-15(14(19)20)4-9(10)5-15/h1-3,7,9-10H,4-6,8H2,(H,19,20). The highest BCUT2D eigenvalue weighted by Crippen LogP contribution is 2.62. The minimum absolute atomic E-state index is 0.258. The molecule has 3 fully saturated rings. The van der Waals surface area contributed by atoms with E-state index in [1.54, 1.807) is 12.3 Å². The maximum atomic E-state index is 13.6. The number of carboxylic acid groups (broad SMARTS) is 1. The van der Waals surface area contributed by atoms with Gasteiger partial charge in [-0.3, -0.25) is 9.48 Å². The Hall–Kier alpha value is -1.91.